The number of anilines is 1. The molecule has 2 aliphatic rings. The first-order valence-electron chi connectivity index (χ1n) is 8.36. The van der Waals surface area contributed by atoms with Crippen LogP contribution in [0.1, 0.15) is 29.5 Å². The number of carbonyl (C=O) groups excluding carboxylic acids is 1. The van der Waals surface area contributed by atoms with Crippen molar-refractivity contribution in [3.8, 4) is 0 Å². The molecule has 0 aliphatic carbocycles. The largest absolute Gasteiger partial charge is 0.395 e. The van der Waals surface area contributed by atoms with E-state index in [0.29, 0.717) is 19.5 Å². The first kappa shape index (κ1) is 16.4. The number of hydrogen-bond acceptors (Lipinski definition) is 4. The summed E-state index contributed by atoms with van der Waals surface area (Å²) >= 11 is 0. The lowest BCUT2D eigenvalue weighted by Crippen LogP contribution is -2.46. The van der Waals surface area contributed by atoms with E-state index in [4.69, 9.17) is 0 Å². The Morgan fingerprint density at radius 2 is 1.87 bits per heavy atom. The Hall–Kier alpha value is -1.43. The van der Waals surface area contributed by atoms with Crippen LogP contribution in [-0.2, 0) is 4.79 Å². The van der Waals surface area contributed by atoms with Gasteiger partial charge in [0.15, 0.2) is 0 Å². The third kappa shape index (κ3) is 2.89. The summed E-state index contributed by atoms with van der Waals surface area (Å²) in [6.07, 6.45) is 0.842. The monoisotopic (exact) mass is 318 g/mol. The van der Waals surface area contributed by atoms with Crippen LogP contribution in [0.4, 0.5) is 5.69 Å². The van der Waals surface area contributed by atoms with Crippen molar-refractivity contribution in [3.63, 3.8) is 0 Å². The van der Waals surface area contributed by atoms with E-state index in [1.165, 1.54) is 5.56 Å². The van der Waals surface area contributed by atoms with Gasteiger partial charge in [-0.05, 0) is 44.7 Å². The smallest absolute Gasteiger partial charge is 0.244 e. The van der Waals surface area contributed by atoms with Crippen LogP contribution in [0.2, 0.25) is 0 Å². The molecule has 0 aromatic heterocycles. The van der Waals surface area contributed by atoms with Gasteiger partial charge in [-0.2, -0.15) is 0 Å². The van der Waals surface area contributed by atoms with Gasteiger partial charge in [0.1, 0.15) is 0 Å². The highest BCUT2D eigenvalue weighted by Crippen LogP contribution is 2.33. The second-order valence-corrected chi connectivity index (χ2v) is 6.96. The number of benzene rings is 1. The molecule has 1 amide bonds. The molecule has 2 fully saturated rings. The molecule has 2 N–H and O–H groups in total. The number of carbonyl (C=O) groups is 1. The van der Waals surface area contributed by atoms with E-state index in [9.17, 15) is 15.0 Å². The summed E-state index contributed by atoms with van der Waals surface area (Å²) in [6, 6.07) is 3.88. The minimum atomic E-state index is -0.447. The Kier molecular flexibility index (Phi) is 4.45. The maximum Gasteiger partial charge on any atom is 0.244 e. The molecule has 5 heteroatoms. The lowest BCUT2D eigenvalue weighted by Gasteiger charge is -2.28. The molecular formula is C18H26N2O3. The van der Waals surface area contributed by atoms with Crippen LogP contribution in [0, 0.1) is 20.8 Å². The highest BCUT2D eigenvalue weighted by atomic mass is 16.3. The number of nitrogens with zero attached hydrogens (tertiary/aromatic N) is 2. The van der Waals surface area contributed by atoms with Crippen molar-refractivity contribution in [1.82, 2.24) is 4.90 Å². The molecule has 0 spiro atoms. The highest BCUT2D eigenvalue weighted by molar-refractivity contribution is 6.00. The van der Waals surface area contributed by atoms with Crippen LogP contribution in [0.3, 0.4) is 0 Å². The summed E-state index contributed by atoms with van der Waals surface area (Å²) in [5.41, 5.74) is 4.46. The Labute approximate surface area is 137 Å². The van der Waals surface area contributed by atoms with Crippen molar-refractivity contribution < 1.29 is 15.0 Å². The van der Waals surface area contributed by atoms with Crippen molar-refractivity contribution in [2.45, 2.75) is 51.8 Å². The lowest BCUT2D eigenvalue weighted by atomic mass is 10.0. The summed E-state index contributed by atoms with van der Waals surface area (Å²) in [4.78, 5) is 16.8. The van der Waals surface area contributed by atoms with E-state index in [1.807, 2.05) is 23.6 Å². The summed E-state index contributed by atoms with van der Waals surface area (Å²) in [7, 11) is 0. The van der Waals surface area contributed by atoms with E-state index in [2.05, 4.69) is 19.1 Å². The maximum absolute atomic E-state index is 13.0. The van der Waals surface area contributed by atoms with Gasteiger partial charge in [-0.1, -0.05) is 17.7 Å². The molecule has 1 aromatic rings. The number of aliphatic hydroxyl groups excluding tert-OH is 2. The van der Waals surface area contributed by atoms with Gasteiger partial charge in [-0.3, -0.25) is 9.69 Å². The van der Waals surface area contributed by atoms with Crippen molar-refractivity contribution in [1.29, 1.82) is 0 Å². The van der Waals surface area contributed by atoms with E-state index in [-0.39, 0.29) is 24.6 Å². The third-order valence-electron chi connectivity index (χ3n) is 5.13. The summed E-state index contributed by atoms with van der Waals surface area (Å²) in [5, 5.41) is 19.4. The minimum Gasteiger partial charge on any atom is -0.395 e. The Morgan fingerprint density at radius 3 is 2.48 bits per heavy atom. The summed E-state index contributed by atoms with van der Waals surface area (Å²) in [5.74, 6) is 0.0904. The topological polar surface area (TPSA) is 64.0 Å². The number of hydrogen-bond donors (Lipinski definition) is 2. The van der Waals surface area contributed by atoms with E-state index < -0.39 is 6.10 Å². The molecule has 1 aromatic carbocycles. The van der Waals surface area contributed by atoms with Gasteiger partial charge in [-0.25, -0.2) is 0 Å². The third-order valence-corrected chi connectivity index (χ3v) is 5.13. The number of rotatable bonds is 3. The second-order valence-electron chi connectivity index (χ2n) is 6.96. The van der Waals surface area contributed by atoms with Crippen molar-refractivity contribution >= 4 is 11.6 Å². The van der Waals surface area contributed by atoms with Crippen LogP contribution in [0.15, 0.2) is 12.1 Å². The molecule has 3 rings (SSSR count). The average molecular weight is 318 g/mol. The van der Waals surface area contributed by atoms with Crippen LogP contribution >= 0.6 is 0 Å². The Morgan fingerprint density at radius 1 is 1.22 bits per heavy atom. The predicted octanol–water partition coefficient (Wildman–Crippen LogP) is 1.14. The molecule has 2 saturated heterocycles. The quantitative estimate of drug-likeness (QED) is 0.877. The first-order chi connectivity index (χ1) is 10.9. The number of aliphatic hydroxyl groups is 2. The molecule has 0 bridgehead atoms. The standard InChI is InChI=1S/C18H26N2O3/c1-11-6-12(2)17(13(3)7-11)19-5-4-16(18(19)23)20-9-15(22)8-14(20)10-21/h6-7,14-16,21-22H,4-5,8-10H2,1-3H3/t14-,15+,16+/m1/s1. The predicted molar refractivity (Wildman–Crippen MR) is 89.6 cm³/mol. The minimum absolute atomic E-state index is 0.0105. The fourth-order valence-corrected chi connectivity index (χ4v) is 4.27. The average Bonchev–Trinajstić information content (AvgIpc) is 3.01. The second kappa shape index (κ2) is 6.23. The van der Waals surface area contributed by atoms with Gasteiger partial charge in [-0.15, -0.1) is 0 Å². The molecule has 0 radical (unpaired) electrons. The van der Waals surface area contributed by atoms with Gasteiger partial charge >= 0.3 is 0 Å². The number of amides is 1. The summed E-state index contributed by atoms with van der Waals surface area (Å²) in [6.45, 7) is 7.32. The van der Waals surface area contributed by atoms with Crippen LogP contribution < -0.4 is 4.90 Å². The van der Waals surface area contributed by atoms with Gasteiger partial charge in [0.25, 0.3) is 0 Å². The fourth-order valence-electron chi connectivity index (χ4n) is 4.27. The first-order valence-corrected chi connectivity index (χ1v) is 8.36. The van der Waals surface area contributed by atoms with E-state index in [1.54, 1.807) is 0 Å². The molecule has 5 nitrogen and oxygen atoms in total. The zero-order chi connectivity index (χ0) is 16.7. The van der Waals surface area contributed by atoms with E-state index in [0.717, 1.165) is 23.2 Å². The van der Waals surface area contributed by atoms with Crippen LogP contribution in [-0.4, -0.2) is 58.9 Å². The normalized spacial score (nSPS) is 28.8. The number of β-amino-alcohol motifs (C(OH)–C–C–N with tert-alkyl or cyclic N) is 1. The molecule has 2 aliphatic heterocycles. The van der Waals surface area contributed by atoms with Crippen molar-refractivity contribution in [2.24, 2.45) is 0 Å². The van der Waals surface area contributed by atoms with Gasteiger partial charge in [0, 0.05) is 24.8 Å². The molecule has 0 unspecified atom stereocenters. The maximum atomic E-state index is 13.0. The summed E-state index contributed by atoms with van der Waals surface area (Å²) < 4.78 is 0. The molecule has 126 valence electrons. The Balaban J connectivity index is 1.85. The molecule has 0 saturated carbocycles. The lowest BCUT2D eigenvalue weighted by molar-refractivity contribution is -0.122. The van der Waals surface area contributed by atoms with Crippen molar-refractivity contribution in [3.05, 3.63) is 28.8 Å². The van der Waals surface area contributed by atoms with Gasteiger partial charge in [0.05, 0.1) is 18.8 Å². The number of aryl methyl sites for hydroxylation is 3. The molecule has 3 atom stereocenters. The van der Waals surface area contributed by atoms with Crippen LogP contribution in [0.25, 0.3) is 0 Å². The zero-order valence-corrected chi connectivity index (χ0v) is 14.1. The van der Waals surface area contributed by atoms with Gasteiger partial charge in [0.2, 0.25) is 5.91 Å². The molecular weight excluding hydrogens is 292 g/mol. The number of likely N-dealkylation sites (tertiary alicyclic amines) is 1. The van der Waals surface area contributed by atoms with Crippen molar-refractivity contribution in [2.75, 3.05) is 24.6 Å². The molecule has 2 heterocycles. The highest BCUT2D eigenvalue weighted by Gasteiger charge is 2.43. The SMILES string of the molecule is Cc1cc(C)c(N2CC[C@H](N3C[C@@H](O)C[C@@H]3CO)C2=O)c(C)c1. The Bertz CT molecular complexity index is 593. The van der Waals surface area contributed by atoms with E-state index >= 15 is 0 Å². The van der Waals surface area contributed by atoms with Gasteiger partial charge < -0.3 is 15.1 Å². The fraction of sp³-hybridized carbons (Fsp3) is 0.611. The molecule has 23 heavy (non-hydrogen) atoms. The van der Waals surface area contributed by atoms with Crippen LogP contribution in [0.5, 0.6) is 0 Å². The zero-order valence-electron chi connectivity index (χ0n) is 14.1.